The Morgan fingerprint density at radius 3 is 2.12 bits per heavy atom. The number of unbranched alkanes of at least 4 members (excludes halogenated alkanes) is 7. The molecule has 0 atom stereocenters. The van der Waals surface area contributed by atoms with Gasteiger partial charge in [-0.25, -0.2) is 0 Å². The van der Waals surface area contributed by atoms with Crippen LogP contribution in [0, 0.1) is 0 Å². The van der Waals surface area contributed by atoms with Gasteiger partial charge in [-0.15, -0.1) is 0 Å². The summed E-state index contributed by atoms with van der Waals surface area (Å²) < 4.78 is 5.07. The molecule has 0 aliphatic rings. The first-order chi connectivity index (χ1) is 7.81. The standard InChI is InChI=1S/C13H25O2Se/c1-2-3-4-5-6-7-8-9-11-15-13(14)10-12-16/h2-12H2,1H3. The third-order valence-corrected chi connectivity index (χ3v) is 3.00. The van der Waals surface area contributed by atoms with Gasteiger partial charge in [0.15, 0.2) is 0 Å². The van der Waals surface area contributed by atoms with Gasteiger partial charge >= 0.3 is 94.8 Å². The fourth-order valence-corrected chi connectivity index (χ4v) is 1.93. The first kappa shape index (κ1) is 16.0. The van der Waals surface area contributed by atoms with Crippen LogP contribution in [0.2, 0.25) is 5.32 Å². The first-order valence-electron chi connectivity index (χ1n) is 6.55. The van der Waals surface area contributed by atoms with Gasteiger partial charge in [0.05, 0.1) is 0 Å². The van der Waals surface area contributed by atoms with Crippen LogP contribution >= 0.6 is 0 Å². The quantitative estimate of drug-likeness (QED) is 0.330. The SMILES string of the molecule is CCCCCCCCCCOC(=O)CC[Se]. The molecule has 0 saturated heterocycles. The van der Waals surface area contributed by atoms with Crippen molar-refractivity contribution >= 4 is 22.0 Å². The average Bonchev–Trinajstić information content (AvgIpc) is 2.27. The van der Waals surface area contributed by atoms with Crippen molar-refractivity contribution in [1.29, 1.82) is 0 Å². The van der Waals surface area contributed by atoms with Gasteiger partial charge in [0.1, 0.15) is 0 Å². The van der Waals surface area contributed by atoms with Crippen LogP contribution in [0.3, 0.4) is 0 Å². The van der Waals surface area contributed by atoms with E-state index in [1.165, 1.54) is 44.9 Å². The van der Waals surface area contributed by atoms with E-state index in [0.717, 1.165) is 11.7 Å². The van der Waals surface area contributed by atoms with Gasteiger partial charge in [-0.1, -0.05) is 13.3 Å². The van der Waals surface area contributed by atoms with Gasteiger partial charge in [-0.3, -0.25) is 0 Å². The monoisotopic (exact) mass is 293 g/mol. The van der Waals surface area contributed by atoms with E-state index in [2.05, 4.69) is 22.9 Å². The summed E-state index contributed by atoms with van der Waals surface area (Å²) in [5, 5.41) is 0.760. The molecule has 0 amide bonds. The minimum atomic E-state index is -0.0679. The number of ether oxygens (including phenoxy) is 1. The fourth-order valence-electron chi connectivity index (χ4n) is 1.58. The summed E-state index contributed by atoms with van der Waals surface area (Å²) in [6, 6.07) is 0. The Morgan fingerprint density at radius 2 is 1.56 bits per heavy atom. The van der Waals surface area contributed by atoms with Crippen LogP contribution in [0.25, 0.3) is 0 Å². The second-order valence-electron chi connectivity index (χ2n) is 4.15. The van der Waals surface area contributed by atoms with Crippen molar-refractivity contribution in [3.63, 3.8) is 0 Å². The van der Waals surface area contributed by atoms with Crippen molar-refractivity contribution in [3.05, 3.63) is 0 Å². The number of esters is 1. The summed E-state index contributed by atoms with van der Waals surface area (Å²) in [5.41, 5.74) is 0. The zero-order valence-electron chi connectivity index (χ0n) is 10.5. The minimum absolute atomic E-state index is 0.0679. The summed E-state index contributed by atoms with van der Waals surface area (Å²) in [6.07, 6.45) is 10.7. The third kappa shape index (κ3) is 12.1. The summed E-state index contributed by atoms with van der Waals surface area (Å²) >= 11 is 2.81. The van der Waals surface area contributed by atoms with E-state index >= 15 is 0 Å². The van der Waals surface area contributed by atoms with Crippen LogP contribution < -0.4 is 0 Å². The van der Waals surface area contributed by atoms with Crippen LogP contribution in [0.5, 0.6) is 0 Å². The van der Waals surface area contributed by atoms with E-state index in [0.29, 0.717) is 13.0 Å². The molecule has 0 heterocycles. The molecular weight excluding hydrogens is 267 g/mol. The number of hydrogen-bond donors (Lipinski definition) is 0. The third-order valence-electron chi connectivity index (χ3n) is 2.57. The molecule has 0 rings (SSSR count). The Bertz CT molecular complexity index is 160. The van der Waals surface area contributed by atoms with Crippen LogP contribution in [0.4, 0.5) is 0 Å². The van der Waals surface area contributed by atoms with Gasteiger partial charge in [-0.05, 0) is 0 Å². The number of hydrogen-bond acceptors (Lipinski definition) is 2. The van der Waals surface area contributed by atoms with Gasteiger partial charge < -0.3 is 0 Å². The maximum atomic E-state index is 11.0. The van der Waals surface area contributed by atoms with E-state index in [1.807, 2.05) is 0 Å². The molecule has 0 N–H and O–H groups in total. The molecule has 0 aromatic carbocycles. The zero-order valence-corrected chi connectivity index (χ0v) is 12.2. The molecule has 0 unspecified atom stereocenters. The predicted molar refractivity (Wildman–Crippen MR) is 68.7 cm³/mol. The molecule has 3 heteroatoms. The summed E-state index contributed by atoms with van der Waals surface area (Å²) in [5.74, 6) is -0.0679. The van der Waals surface area contributed by atoms with Gasteiger partial charge in [-0.2, -0.15) is 0 Å². The van der Waals surface area contributed by atoms with Crippen LogP contribution in [-0.2, 0) is 9.53 Å². The van der Waals surface area contributed by atoms with Gasteiger partial charge in [0, 0.05) is 0 Å². The predicted octanol–water partition coefficient (Wildman–Crippen LogP) is 3.65. The summed E-state index contributed by atoms with van der Waals surface area (Å²) in [4.78, 5) is 11.0. The Kier molecular flexibility index (Phi) is 13.0. The number of carbonyl (C=O) groups is 1. The average molecular weight is 292 g/mol. The van der Waals surface area contributed by atoms with Gasteiger partial charge in [0.2, 0.25) is 0 Å². The fraction of sp³-hybridized carbons (Fsp3) is 0.923. The van der Waals surface area contributed by atoms with Crippen LogP contribution in [0.1, 0.15) is 64.7 Å². The van der Waals surface area contributed by atoms with E-state index < -0.39 is 0 Å². The van der Waals surface area contributed by atoms with Crippen molar-refractivity contribution in [3.8, 4) is 0 Å². The summed E-state index contributed by atoms with van der Waals surface area (Å²) in [7, 11) is 0. The molecule has 16 heavy (non-hydrogen) atoms. The second kappa shape index (κ2) is 13.1. The molecule has 0 spiro atoms. The Labute approximate surface area is 108 Å². The van der Waals surface area contributed by atoms with E-state index in [9.17, 15) is 4.79 Å². The Morgan fingerprint density at radius 1 is 1.00 bits per heavy atom. The zero-order chi connectivity index (χ0) is 12.1. The molecule has 0 bridgehead atoms. The van der Waals surface area contributed by atoms with Crippen molar-refractivity contribution in [2.75, 3.05) is 6.61 Å². The normalized spacial score (nSPS) is 10.4. The van der Waals surface area contributed by atoms with E-state index in [4.69, 9.17) is 4.74 Å². The van der Waals surface area contributed by atoms with Crippen molar-refractivity contribution in [2.24, 2.45) is 0 Å². The Hall–Kier alpha value is -0.0105. The van der Waals surface area contributed by atoms with E-state index in [-0.39, 0.29) is 5.97 Å². The van der Waals surface area contributed by atoms with Crippen LogP contribution in [-0.4, -0.2) is 28.6 Å². The molecule has 1 radical (unpaired) electrons. The second-order valence-corrected chi connectivity index (χ2v) is 5.01. The van der Waals surface area contributed by atoms with Crippen molar-refractivity contribution < 1.29 is 9.53 Å². The van der Waals surface area contributed by atoms with Crippen molar-refractivity contribution in [1.82, 2.24) is 0 Å². The number of carbonyl (C=O) groups excluding carboxylic acids is 1. The maximum absolute atomic E-state index is 11.0. The summed E-state index contributed by atoms with van der Waals surface area (Å²) in [6.45, 7) is 2.84. The van der Waals surface area contributed by atoms with E-state index in [1.54, 1.807) is 0 Å². The topological polar surface area (TPSA) is 26.3 Å². The molecule has 0 fully saturated rings. The molecule has 0 aliphatic carbocycles. The van der Waals surface area contributed by atoms with Crippen LogP contribution in [0.15, 0.2) is 0 Å². The molecule has 0 aromatic rings. The molecule has 2 nitrogen and oxygen atoms in total. The molecule has 95 valence electrons. The van der Waals surface area contributed by atoms with Crippen molar-refractivity contribution in [2.45, 2.75) is 70.0 Å². The molecule has 0 saturated carbocycles. The van der Waals surface area contributed by atoms with Gasteiger partial charge in [0.25, 0.3) is 0 Å². The first-order valence-corrected chi connectivity index (χ1v) is 7.76. The molecule has 0 aliphatic heterocycles. The Balaban J connectivity index is 3.01. The molecular formula is C13H25O2Se. The molecule has 0 aromatic heterocycles. The number of rotatable bonds is 11.